The lowest BCUT2D eigenvalue weighted by Crippen LogP contribution is -2.61. The Hall–Kier alpha value is -3.20. The molecule has 2 aliphatic rings. The summed E-state index contributed by atoms with van der Waals surface area (Å²) in [7, 11) is 0. The van der Waals surface area contributed by atoms with E-state index in [9.17, 15) is 24.3 Å². The van der Waals surface area contributed by atoms with Gasteiger partial charge < -0.3 is 24.8 Å². The van der Waals surface area contributed by atoms with Gasteiger partial charge in [-0.15, -0.1) is 0 Å². The minimum atomic E-state index is -0.844. The molecule has 2 aliphatic heterocycles. The molecule has 0 saturated carbocycles. The van der Waals surface area contributed by atoms with E-state index in [0.717, 1.165) is 11.1 Å². The van der Waals surface area contributed by atoms with Gasteiger partial charge in [-0.1, -0.05) is 24.3 Å². The zero-order valence-electron chi connectivity index (χ0n) is 19.5. The number of carbonyl (C=O) groups excluding carboxylic acids is 4. The van der Waals surface area contributed by atoms with E-state index in [2.05, 4.69) is 5.32 Å². The van der Waals surface area contributed by atoms with Gasteiger partial charge >= 0.3 is 11.9 Å². The van der Waals surface area contributed by atoms with Gasteiger partial charge in [-0.05, 0) is 50.8 Å². The fourth-order valence-electron chi connectivity index (χ4n) is 3.99. The van der Waals surface area contributed by atoms with Crippen molar-refractivity contribution in [1.29, 1.82) is 0 Å². The number of benzene rings is 1. The second-order valence-corrected chi connectivity index (χ2v) is 9.41. The highest BCUT2D eigenvalue weighted by Crippen LogP contribution is 2.47. The summed E-state index contributed by atoms with van der Waals surface area (Å²) in [6.07, 6.45) is -0.457. The molecule has 9 heteroatoms. The van der Waals surface area contributed by atoms with Crippen molar-refractivity contribution in [3.63, 3.8) is 0 Å². The summed E-state index contributed by atoms with van der Waals surface area (Å²) in [5.74, 6) is -2.36. The molecule has 1 aromatic carbocycles. The molecule has 33 heavy (non-hydrogen) atoms. The minimum Gasteiger partial charge on any atom is -0.427 e. The monoisotopic (exact) mass is 458 g/mol. The molecular formula is C24H30N2O7. The van der Waals surface area contributed by atoms with Crippen LogP contribution >= 0.6 is 0 Å². The van der Waals surface area contributed by atoms with E-state index in [1.54, 1.807) is 27.7 Å². The number of aliphatic hydroxyl groups is 1. The number of aliphatic hydroxyl groups excluding tert-OH is 1. The van der Waals surface area contributed by atoms with E-state index in [-0.39, 0.29) is 23.6 Å². The van der Waals surface area contributed by atoms with E-state index in [0.29, 0.717) is 18.5 Å². The summed E-state index contributed by atoms with van der Waals surface area (Å²) in [6, 6.07) is 6.94. The van der Waals surface area contributed by atoms with E-state index in [1.807, 2.05) is 24.3 Å². The largest absolute Gasteiger partial charge is 0.427 e. The van der Waals surface area contributed by atoms with Gasteiger partial charge in [-0.25, -0.2) is 4.79 Å². The van der Waals surface area contributed by atoms with Gasteiger partial charge in [0.05, 0.1) is 23.5 Å². The number of β-lactam (4-membered cyclic amide) rings is 1. The summed E-state index contributed by atoms with van der Waals surface area (Å²) in [6.45, 7) is 7.86. The number of carbonyl (C=O) groups is 4. The smallest absolute Gasteiger partial charge is 0.358 e. The summed E-state index contributed by atoms with van der Waals surface area (Å²) < 4.78 is 10.2. The molecule has 1 aromatic rings. The molecule has 0 bridgehead atoms. The average Bonchev–Trinajstić information content (AvgIpc) is 3.06. The van der Waals surface area contributed by atoms with Crippen LogP contribution < -0.4 is 5.32 Å². The molecule has 3 atom stereocenters. The van der Waals surface area contributed by atoms with Gasteiger partial charge in [0, 0.05) is 13.5 Å². The van der Waals surface area contributed by atoms with Crippen molar-refractivity contribution in [2.75, 3.05) is 6.79 Å². The Morgan fingerprint density at radius 2 is 1.82 bits per heavy atom. The minimum absolute atomic E-state index is 0.100. The lowest BCUT2D eigenvalue weighted by atomic mass is 9.82. The first-order chi connectivity index (χ1) is 15.4. The second-order valence-electron chi connectivity index (χ2n) is 9.41. The molecule has 0 radical (unpaired) electrons. The number of rotatable bonds is 7. The molecule has 0 aliphatic carbocycles. The van der Waals surface area contributed by atoms with Crippen LogP contribution in [0.5, 0.6) is 0 Å². The maximum atomic E-state index is 12.9. The number of ether oxygens (including phenoxy) is 2. The first-order valence-electron chi connectivity index (χ1n) is 10.8. The molecule has 2 heterocycles. The van der Waals surface area contributed by atoms with Gasteiger partial charge in [0.2, 0.25) is 18.6 Å². The average molecular weight is 459 g/mol. The van der Waals surface area contributed by atoms with Crippen molar-refractivity contribution in [2.24, 2.45) is 11.3 Å². The first kappa shape index (κ1) is 24.4. The number of nitrogens with one attached hydrogen (secondary N) is 1. The number of amides is 2. The molecule has 2 N–H and O–H groups in total. The fourth-order valence-corrected chi connectivity index (χ4v) is 3.99. The Balaban J connectivity index is 1.82. The topological polar surface area (TPSA) is 122 Å². The van der Waals surface area contributed by atoms with Gasteiger partial charge in [-0.2, -0.15) is 0 Å². The van der Waals surface area contributed by atoms with E-state index >= 15 is 0 Å². The molecular weight excluding hydrogens is 428 g/mol. The quantitative estimate of drug-likeness (QED) is 0.362. The molecule has 1 saturated heterocycles. The molecule has 0 aromatic heterocycles. The highest BCUT2D eigenvalue weighted by Gasteiger charge is 2.57. The highest BCUT2D eigenvalue weighted by atomic mass is 16.7. The molecule has 0 unspecified atom stereocenters. The maximum Gasteiger partial charge on any atom is 0.358 e. The lowest BCUT2D eigenvalue weighted by Gasteiger charge is -2.44. The third-order valence-corrected chi connectivity index (χ3v) is 5.76. The SMILES string of the molecule is CC(=O)NCc1ccc(C2=C(C(=O)OCOC(=O)C(C)(C)C)N3C(=O)[C@H]([C@@H](C)O)[C@H]3C2)cc1. The van der Waals surface area contributed by atoms with Crippen LogP contribution in [0.3, 0.4) is 0 Å². The number of esters is 2. The summed E-state index contributed by atoms with van der Waals surface area (Å²) >= 11 is 0. The van der Waals surface area contributed by atoms with Crippen molar-refractivity contribution >= 4 is 29.3 Å². The fraction of sp³-hybridized carbons (Fsp3) is 0.500. The molecule has 2 amide bonds. The van der Waals surface area contributed by atoms with Crippen LogP contribution in [0.2, 0.25) is 0 Å². The van der Waals surface area contributed by atoms with Crippen molar-refractivity contribution in [2.45, 2.75) is 59.7 Å². The Kier molecular flexibility index (Phi) is 6.92. The van der Waals surface area contributed by atoms with Gasteiger partial charge in [0.25, 0.3) is 0 Å². The van der Waals surface area contributed by atoms with Gasteiger partial charge in [-0.3, -0.25) is 14.4 Å². The lowest BCUT2D eigenvalue weighted by molar-refractivity contribution is -0.175. The Morgan fingerprint density at radius 3 is 2.36 bits per heavy atom. The number of hydrogen-bond donors (Lipinski definition) is 2. The number of hydrogen-bond acceptors (Lipinski definition) is 7. The zero-order valence-corrected chi connectivity index (χ0v) is 19.5. The van der Waals surface area contributed by atoms with Crippen molar-refractivity contribution in [1.82, 2.24) is 10.2 Å². The number of fused-ring (bicyclic) bond motifs is 1. The Morgan fingerprint density at radius 1 is 1.18 bits per heavy atom. The standard InChI is InChI=1S/C24H30N2O7/c1-13(27)19-18-10-17(16-8-6-15(7-9-16)11-25-14(2)28)20(26(18)21(19)29)22(30)32-12-33-23(31)24(3,4)5/h6-9,13,18-19,27H,10-12H2,1-5H3,(H,25,28)/t13-,18-,19-/m1/s1. The van der Waals surface area contributed by atoms with Crippen LogP contribution in [-0.2, 0) is 35.2 Å². The van der Waals surface area contributed by atoms with E-state index < -0.39 is 36.2 Å². The predicted molar refractivity (Wildman–Crippen MR) is 118 cm³/mol. The van der Waals surface area contributed by atoms with Crippen LogP contribution in [0.25, 0.3) is 5.57 Å². The maximum absolute atomic E-state index is 12.9. The Bertz CT molecular complexity index is 989. The third kappa shape index (κ3) is 5.08. The zero-order chi connectivity index (χ0) is 24.5. The summed E-state index contributed by atoms with van der Waals surface area (Å²) in [5.41, 5.74) is 1.59. The van der Waals surface area contributed by atoms with Crippen LogP contribution in [-0.4, -0.2) is 52.7 Å². The van der Waals surface area contributed by atoms with Gasteiger partial charge in [0.15, 0.2) is 0 Å². The van der Waals surface area contributed by atoms with Crippen LogP contribution in [0.4, 0.5) is 0 Å². The molecule has 1 fully saturated rings. The van der Waals surface area contributed by atoms with Crippen LogP contribution in [0.15, 0.2) is 30.0 Å². The van der Waals surface area contributed by atoms with Crippen molar-refractivity contribution < 1.29 is 33.8 Å². The van der Waals surface area contributed by atoms with Crippen molar-refractivity contribution in [3.05, 3.63) is 41.1 Å². The molecule has 9 nitrogen and oxygen atoms in total. The van der Waals surface area contributed by atoms with Crippen molar-refractivity contribution in [3.8, 4) is 0 Å². The highest BCUT2D eigenvalue weighted by molar-refractivity contribution is 6.06. The second kappa shape index (κ2) is 9.35. The normalized spacial score (nSPS) is 20.7. The number of nitrogens with zero attached hydrogens (tertiary/aromatic N) is 1. The summed E-state index contributed by atoms with van der Waals surface area (Å²) in [5, 5.41) is 12.7. The molecule has 178 valence electrons. The third-order valence-electron chi connectivity index (χ3n) is 5.76. The van der Waals surface area contributed by atoms with E-state index in [4.69, 9.17) is 9.47 Å². The predicted octanol–water partition coefficient (Wildman–Crippen LogP) is 1.74. The molecule has 0 spiro atoms. The molecule has 3 rings (SSSR count). The Labute approximate surface area is 192 Å². The summed E-state index contributed by atoms with van der Waals surface area (Å²) in [4.78, 5) is 50.1. The first-order valence-corrected chi connectivity index (χ1v) is 10.8. The van der Waals surface area contributed by atoms with E-state index in [1.165, 1.54) is 11.8 Å². The van der Waals surface area contributed by atoms with Crippen LogP contribution in [0, 0.1) is 11.3 Å². The van der Waals surface area contributed by atoms with Gasteiger partial charge in [0.1, 0.15) is 5.70 Å². The van der Waals surface area contributed by atoms with Crippen LogP contribution in [0.1, 0.15) is 52.2 Å².